The summed E-state index contributed by atoms with van der Waals surface area (Å²) < 4.78 is 1.99. The first kappa shape index (κ1) is 7.73. The van der Waals surface area contributed by atoms with Gasteiger partial charge in [0.2, 0.25) is 0 Å². The fraction of sp³-hybridized carbons (Fsp3) is 0.750. The van der Waals surface area contributed by atoms with Crippen molar-refractivity contribution in [2.45, 2.75) is 25.3 Å². The Labute approximate surface area is 72.0 Å². The van der Waals surface area contributed by atoms with E-state index in [1.165, 1.54) is 19.3 Å². The average Bonchev–Trinajstić information content (AvgIpc) is 2.53. The van der Waals surface area contributed by atoms with Crippen molar-refractivity contribution in [1.29, 1.82) is 0 Å². The van der Waals surface area contributed by atoms with Crippen molar-refractivity contribution in [3.63, 3.8) is 0 Å². The van der Waals surface area contributed by atoms with Gasteiger partial charge in [0.15, 0.2) is 0 Å². The maximum absolute atomic E-state index is 4.09. The highest BCUT2D eigenvalue weighted by Crippen LogP contribution is 2.19. The molecule has 2 heterocycles. The molecule has 0 spiro atoms. The van der Waals surface area contributed by atoms with Gasteiger partial charge in [0.1, 0.15) is 12.2 Å². The Morgan fingerprint density at radius 1 is 1.58 bits per heavy atom. The second-order valence-corrected chi connectivity index (χ2v) is 3.30. The first-order valence-electron chi connectivity index (χ1n) is 4.45. The first-order valence-corrected chi connectivity index (χ1v) is 4.45. The van der Waals surface area contributed by atoms with E-state index in [1.54, 1.807) is 6.33 Å². The van der Waals surface area contributed by atoms with E-state index in [2.05, 4.69) is 15.5 Å². The van der Waals surface area contributed by atoms with Crippen LogP contribution in [0.25, 0.3) is 0 Å². The van der Waals surface area contributed by atoms with Crippen LogP contribution in [-0.2, 0) is 7.05 Å². The van der Waals surface area contributed by atoms with Gasteiger partial charge in [-0.25, -0.2) is 0 Å². The Kier molecular flexibility index (Phi) is 2.08. The Morgan fingerprint density at radius 2 is 2.50 bits per heavy atom. The van der Waals surface area contributed by atoms with E-state index in [1.807, 2.05) is 11.6 Å². The molecule has 0 bridgehead atoms. The lowest BCUT2D eigenvalue weighted by Crippen LogP contribution is -2.28. The van der Waals surface area contributed by atoms with Gasteiger partial charge < -0.3 is 9.88 Å². The molecule has 1 atom stereocenters. The summed E-state index contributed by atoms with van der Waals surface area (Å²) in [6, 6.07) is 0.422. The monoisotopic (exact) mass is 166 g/mol. The number of hydrogen-bond donors (Lipinski definition) is 1. The summed E-state index contributed by atoms with van der Waals surface area (Å²) in [6.07, 6.45) is 5.52. The van der Waals surface area contributed by atoms with Crippen LogP contribution >= 0.6 is 0 Å². The van der Waals surface area contributed by atoms with Crippen LogP contribution in [0.5, 0.6) is 0 Å². The highest BCUT2D eigenvalue weighted by atomic mass is 15.3. The van der Waals surface area contributed by atoms with Gasteiger partial charge in [-0.1, -0.05) is 6.42 Å². The molecule has 0 aliphatic carbocycles. The molecule has 0 saturated carbocycles. The number of aryl methyl sites for hydroxylation is 1. The van der Waals surface area contributed by atoms with Gasteiger partial charge in [0.05, 0.1) is 6.04 Å². The van der Waals surface area contributed by atoms with Gasteiger partial charge in [0.25, 0.3) is 0 Å². The van der Waals surface area contributed by atoms with Crippen LogP contribution < -0.4 is 5.32 Å². The summed E-state index contributed by atoms with van der Waals surface area (Å²) in [5.74, 6) is 1.06. The highest BCUT2D eigenvalue weighted by molar-refractivity contribution is 4.95. The summed E-state index contributed by atoms with van der Waals surface area (Å²) in [5.41, 5.74) is 0. The minimum Gasteiger partial charge on any atom is -0.319 e. The molecule has 1 aromatic rings. The van der Waals surface area contributed by atoms with Gasteiger partial charge in [-0.15, -0.1) is 10.2 Å². The Balaban J connectivity index is 2.13. The Morgan fingerprint density at radius 3 is 3.08 bits per heavy atom. The van der Waals surface area contributed by atoms with Crippen molar-refractivity contribution in [2.24, 2.45) is 7.05 Å². The molecule has 2 rings (SSSR count). The Hall–Kier alpha value is -0.900. The number of nitrogens with zero attached hydrogens (tertiary/aromatic N) is 3. The molecule has 0 aromatic carbocycles. The maximum atomic E-state index is 4.09. The standard InChI is InChI=1S/C8H14N4/c1-12-6-10-11-8(12)7-4-2-3-5-9-7/h6-7,9H,2-5H2,1H3. The molecule has 1 saturated heterocycles. The summed E-state index contributed by atoms with van der Waals surface area (Å²) in [4.78, 5) is 0. The molecule has 4 nitrogen and oxygen atoms in total. The van der Waals surface area contributed by atoms with Gasteiger partial charge in [-0.05, 0) is 19.4 Å². The van der Waals surface area contributed by atoms with Gasteiger partial charge in [0, 0.05) is 7.05 Å². The molecule has 12 heavy (non-hydrogen) atoms. The van der Waals surface area contributed by atoms with Crippen LogP contribution in [0.15, 0.2) is 6.33 Å². The number of aromatic nitrogens is 3. The zero-order valence-electron chi connectivity index (χ0n) is 7.32. The SMILES string of the molecule is Cn1cnnc1C1CCCCN1. The van der Waals surface area contributed by atoms with Gasteiger partial charge >= 0.3 is 0 Å². The van der Waals surface area contributed by atoms with Crippen LogP contribution in [0.3, 0.4) is 0 Å². The number of nitrogens with one attached hydrogen (secondary N) is 1. The number of hydrogen-bond acceptors (Lipinski definition) is 3. The first-order chi connectivity index (χ1) is 5.88. The summed E-state index contributed by atoms with van der Waals surface area (Å²) >= 11 is 0. The largest absolute Gasteiger partial charge is 0.319 e. The zero-order valence-corrected chi connectivity index (χ0v) is 7.32. The number of rotatable bonds is 1. The molecule has 1 aliphatic rings. The second-order valence-electron chi connectivity index (χ2n) is 3.30. The minimum absolute atomic E-state index is 0.422. The predicted octanol–water partition coefficient (Wildman–Crippen LogP) is 0.630. The fourth-order valence-corrected chi connectivity index (χ4v) is 1.68. The minimum atomic E-state index is 0.422. The molecule has 1 aliphatic heterocycles. The molecule has 1 fully saturated rings. The molecule has 1 aromatic heterocycles. The van der Waals surface area contributed by atoms with Crippen molar-refractivity contribution >= 4 is 0 Å². The lowest BCUT2D eigenvalue weighted by molar-refractivity contribution is 0.389. The van der Waals surface area contributed by atoms with E-state index >= 15 is 0 Å². The molecular formula is C8H14N4. The molecule has 0 radical (unpaired) electrons. The average molecular weight is 166 g/mol. The van der Waals surface area contributed by atoms with Gasteiger partial charge in [-0.3, -0.25) is 0 Å². The third kappa shape index (κ3) is 1.34. The van der Waals surface area contributed by atoms with Crippen LogP contribution in [-0.4, -0.2) is 21.3 Å². The fourth-order valence-electron chi connectivity index (χ4n) is 1.68. The van der Waals surface area contributed by atoms with Crippen LogP contribution in [0, 0.1) is 0 Å². The lowest BCUT2D eigenvalue weighted by Gasteiger charge is -2.22. The molecule has 1 N–H and O–H groups in total. The molecule has 4 heteroatoms. The maximum Gasteiger partial charge on any atom is 0.149 e. The second kappa shape index (κ2) is 3.23. The van der Waals surface area contributed by atoms with E-state index in [-0.39, 0.29) is 0 Å². The van der Waals surface area contributed by atoms with Crippen LogP contribution in [0.2, 0.25) is 0 Å². The topological polar surface area (TPSA) is 42.7 Å². The normalized spacial score (nSPS) is 24.2. The van der Waals surface area contributed by atoms with Crippen molar-refractivity contribution in [1.82, 2.24) is 20.1 Å². The molecular weight excluding hydrogens is 152 g/mol. The summed E-state index contributed by atoms with van der Waals surface area (Å²) in [5, 5.41) is 11.4. The predicted molar refractivity (Wildman–Crippen MR) is 45.6 cm³/mol. The van der Waals surface area contributed by atoms with E-state index < -0.39 is 0 Å². The zero-order chi connectivity index (χ0) is 8.39. The van der Waals surface area contributed by atoms with Crippen LogP contribution in [0.1, 0.15) is 31.1 Å². The smallest absolute Gasteiger partial charge is 0.149 e. The molecule has 1 unspecified atom stereocenters. The quantitative estimate of drug-likeness (QED) is 0.665. The van der Waals surface area contributed by atoms with E-state index in [0.29, 0.717) is 6.04 Å². The third-order valence-electron chi connectivity index (χ3n) is 2.37. The molecule has 0 amide bonds. The lowest BCUT2D eigenvalue weighted by atomic mass is 10.0. The van der Waals surface area contributed by atoms with E-state index in [9.17, 15) is 0 Å². The van der Waals surface area contributed by atoms with Gasteiger partial charge in [-0.2, -0.15) is 0 Å². The summed E-state index contributed by atoms with van der Waals surface area (Å²) in [6.45, 7) is 1.11. The van der Waals surface area contributed by atoms with Crippen molar-refractivity contribution in [2.75, 3.05) is 6.54 Å². The van der Waals surface area contributed by atoms with Crippen LogP contribution in [0.4, 0.5) is 0 Å². The van der Waals surface area contributed by atoms with Crippen molar-refractivity contribution in [3.8, 4) is 0 Å². The Bertz CT molecular complexity index is 249. The third-order valence-corrected chi connectivity index (χ3v) is 2.37. The van der Waals surface area contributed by atoms with Crippen molar-refractivity contribution < 1.29 is 0 Å². The van der Waals surface area contributed by atoms with E-state index in [0.717, 1.165) is 12.4 Å². The summed E-state index contributed by atoms with van der Waals surface area (Å²) in [7, 11) is 1.99. The number of piperidine rings is 1. The highest BCUT2D eigenvalue weighted by Gasteiger charge is 2.18. The van der Waals surface area contributed by atoms with Crippen molar-refractivity contribution in [3.05, 3.63) is 12.2 Å². The van der Waals surface area contributed by atoms with E-state index in [4.69, 9.17) is 0 Å². The molecule has 66 valence electrons.